The summed E-state index contributed by atoms with van der Waals surface area (Å²) in [5.74, 6) is 1.01. The van der Waals surface area contributed by atoms with Gasteiger partial charge in [-0.15, -0.1) is 0 Å². The second-order valence-corrected chi connectivity index (χ2v) is 6.24. The van der Waals surface area contributed by atoms with Gasteiger partial charge in [0, 0.05) is 0 Å². The quantitative estimate of drug-likeness (QED) is 0.771. The standard InChI is InChI=1S/C15H15NOS2/c1-2-11-18-15-16-13(14(17)19-15)10-6-9-12-7-4-3-5-8-12/h3-10H,2,11H2,1H3. The minimum Gasteiger partial charge on any atom is -0.279 e. The number of hydrogen-bond acceptors (Lipinski definition) is 4. The Kier molecular flexibility index (Phi) is 5.48. The molecule has 0 radical (unpaired) electrons. The maximum atomic E-state index is 11.7. The van der Waals surface area contributed by atoms with Gasteiger partial charge in [0.25, 0.3) is 0 Å². The van der Waals surface area contributed by atoms with Crippen LogP contribution in [0.5, 0.6) is 0 Å². The summed E-state index contributed by atoms with van der Waals surface area (Å²) in [6.45, 7) is 2.12. The van der Waals surface area contributed by atoms with Gasteiger partial charge in [0.2, 0.25) is 5.12 Å². The highest BCUT2D eigenvalue weighted by atomic mass is 32.2. The molecule has 4 heteroatoms. The van der Waals surface area contributed by atoms with Gasteiger partial charge in [0.05, 0.1) is 0 Å². The Morgan fingerprint density at radius 3 is 2.84 bits per heavy atom. The van der Waals surface area contributed by atoms with E-state index in [4.69, 9.17) is 0 Å². The Labute approximate surface area is 122 Å². The third kappa shape index (κ3) is 4.40. The number of rotatable bonds is 4. The molecule has 2 nitrogen and oxygen atoms in total. The van der Waals surface area contributed by atoms with Crippen molar-refractivity contribution in [2.75, 3.05) is 5.75 Å². The number of hydrogen-bond donors (Lipinski definition) is 0. The number of allylic oxidation sites excluding steroid dienone is 2. The lowest BCUT2D eigenvalue weighted by Crippen LogP contribution is -1.87. The normalized spacial score (nSPS) is 17.4. The van der Waals surface area contributed by atoms with Crippen LogP contribution in [0, 0.1) is 0 Å². The van der Waals surface area contributed by atoms with Gasteiger partial charge < -0.3 is 0 Å². The van der Waals surface area contributed by atoms with Gasteiger partial charge in [-0.05, 0) is 35.6 Å². The van der Waals surface area contributed by atoms with Gasteiger partial charge in [0.1, 0.15) is 10.1 Å². The molecule has 1 aliphatic rings. The average molecular weight is 289 g/mol. The molecule has 98 valence electrons. The van der Waals surface area contributed by atoms with Crippen LogP contribution in [0.15, 0.2) is 53.2 Å². The zero-order valence-corrected chi connectivity index (χ0v) is 12.3. The van der Waals surface area contributed by atoms with E-state index < -0.39 is 0 Å². The number of carbonyl (C=O) groups excluding carboxylic acids is 1. The summed E-state index contributed by atoms with van der Waals surface area (Å²) in [5.41, 5.74) is 1.65. The molecule has 1 aromatic rings. The zero-order chi connectivity index (χ0) is 13.5. The molecule has 1 aromatic carbocycles. The van der Waals surface area contributed by atoms with Gasteiger partial charge >= 0.3 is 0 Å². The van der Waals surface area contributed by atoms with Crippen LogP contribution < -0.4 is 0 Å². The first-order valence-electron chi connectivity index (χ1n) is 6.16. The molecule has 0 bridgehead atoms. The second-order valence-electron chi connectivity index (χ2n) is 3.94. The molecule has 0 saturated heterocycles. The lowest BCUT2D eigenvalue weighted by molar-refractivity contribution is -0.107. The summed E-state index contributed by atoms with van der Waals surface area (Å²) in [6.07, 6.45) is 6.71. The number of nitrogens with zero attached hydrogens (tertiary/aromatic N) is 1. The van der Waals surface area contributed by atoms with E-state index in [1.807, 2.05) is 42.5 Å². The van der Waals surface area contributed by atoms with E-state index in [2.05, 4.69) is 11.9 Å². The fourth-order valence-electron chi connectivity index (χ4n) is 1.47. The van der Waals surface area contributed by atoms with E-state index >= 15 is 0 Å². The van der Waals surface area contributed by atoms with Crippen molar-refractivity contribution in [3.8, 4) is 0 Å². The van der Waals surface area contributed by atoms with Crippen molar-refractivity contribution in [2.45, 2.75) is 13.3 Å². The number of aliphatic imine (C=N–C) groups is 1. The Hall–Kier alpha value is -1.26. The summed E-state index contributed by atoms with van der Waals surface area (Å²) in [5, 5.41) is 0.0383. The van der Waals surface area contributed by atoms with E-state index in [0.29, 0.717) is 5.70 Å². The van der Waals surface area contributed by atoms with Crippen LogP contribution in [0.25, 0.3) is 6.08 Å². The van der Waals surface area contributed by atoms with Crippen molar-refractivity contribution < 1.29 is 4.79 Å². The highest BCUT2D eigenvalue weighted by molar-refractivity contribution is 8.45. The number of thioether (sulfide) groups is 2. The van der Waals surface area contributed by atoms with Crippen molar-refractivity contribution >= 4 is 39.1 Å². The van der Waals surface area contributed by atoms with Crippen molar-refractivity contribution in [2.24, 2.45) is 4.99 Å². The highest BCUT2D eigenvalue weighted by Crippen LogP contribution is 2.30. The van der Waals surface area contributed by atoms with Crippen LogP contribution in [0.1, 0.15) is 18.9 Å². The lowest BCUT2D eigenvalue weighted by atomic mass is 10.2. The molecular weight excluding hydrogens is 274 g/mol. The van der Waals surface area contributed by atoms with Gasteiger partial charge in [-0.25, -0.2) is 4.99 Å². The molecule has 0 saturated carbocycles. The Morgan fingerprint density at radius 1 is 1.32 bits per heavy atom. The van der Waals surface area contributed by atoms with E-state index in [9.17, 15) is 4.79 Å². The summed E-state index contributed by atoms with van der Waals surface area (Å²) in [4.78, 5) is 16.1. The zero-order valence-electron chi connectivity index (χ0n) is 10.7. The number of carbonyl (C=O) groups is 1. The molecule has 0 spiro atoms. The van der Waals surface area contributed by atoms with Crippen LogP contribution >= 0.6 is 23.5 Å². The highest BCUT2D eigenvalue weighted by Gasteiger charge is 2.21. The molecule has 1 heterocycles. The van der Waals surface area contributed by atoms with E-state index in [-0.39, 0.29) is 5.12 Å². The first-order chi connectivity index (χ1) is 9.29. The Bertz CT molecular complexity index is 532. The maximum absolute atomic E-state index is 11.7. The van der Waals surface area contributed by atoms with Crippen molar-refractivity contribution in [3.63, 3.8) is 0 Å². The van der Waals surface area contributed by atoms with Crippen LogP contribution in [-0.4, -0.2) is 15.2 Å². The molecule has 0 atom stereocenters. The predicted octanol–water partition coefficient (Wildman–Crippen LogP) is 4.36. The summed E-state index contributed by atoms with van der Waals surface area (Å²) < 4.78 is 0.867. The van der Waals surface area contributed by atoms with E-state index in [0.717, 1.165) is 22.1 Å². The molecule has 0 N–H and O–H groups in total. The first-order valence-corrected chi connectivity index (χ1v) is 7.97. The maximum Gasteiger partial charge on any atom is 0.244 e. The first kappa shape index (κ1) is 14.2. The van der Waals surface area contributed by atoms with Crippen molar-refractivity contribution in [1.82, 2.24) is 0 Å². The lowest BCUT2D eigenvalue weighted by Gasteiger charge is -1.92. The Morgan fingerprint density at radius 2 is 2.11 bits per heavy atom. The predicted molar refractivity (Wildman–Crippen MR) is 86.3 cm³/mol. The van der Waals surface area contributed by atoms with Gasteiger partial charge in [0.15, 0.2) is 0 Å². The van der Waals surface area contributed by atoms with Crippen LogP contribution in [0.2, 0.25) is 0 Å². The largest absolute Gasteiger partial charge is 0.279 e. The molecule has 0 aliphatic carbocycles. The molecule has 2 rings (SSSR count). The molecule has 0 amide bonds. The van der Waals surface area contributed by atoms with Crippen LogP contribution in [0.4, 0.5) is 0 Å². The topological polar surface area (TPSA) is 29.4 Å². The van der Waals surface area contributed by atoms with Crippen LogP contribution in [0.3, 0.4) is 0 Å². The molecule has 0 aromatic heterocycles. The van der Waals surface area contributed by atoms with Gasteiger partial charge in [-0.3, -0.25) is 4.79 Å². The molecular formula is C15H15NOS2. The average Bonchev–Trinajstić information content (AvgIpc) is 2.78. The van der Waals surface area contributed by atoms with E-state index in [1.165, 1.54) is 11.8 Å². The summed E-state index contributed by atoms with van der Waals surface area (Å²) in [6, 6.07) is 9.99. The fraction of sp³-hybridized carbons (Fsp3) is 0.200. The summed E-state index contributed by atoms with van der Waals surface area (Å²) in [7, 11) is 0. The molecule has 19 heavy (non-hydrogen) atoms. The molecule has 0 unspecified atom stereocenters. The van der Waals surface area contributed by atoms with Crippen molar-refractivity contribution in [3.05, 3.63) is 53.7 Å². The monoisotopic (exact) mass is 289 g/mol. The van der Waals surface area contributed by atoms with E-state index in [1.54, 1.807) is 17.8 Å². The minimum atomic E-state index is 0.0383. The fourth-order valence-corrected chi connectivity index (χ4v) is 3.24. The Balaban J connectivity index is 2.01. The minimum absolute atomic E-state index is 0.0383. The van der Waals surface area contributed by atoms with Gasteiger partial charge in [-0.2, -0.15) is 0 Å². The summed E-state index contributed by atoms with van der Waals surface area (Å²) >= 11 is 2.88. The second kappa shape index (κ2) is 7.36. The molecule has 0 fully saturated rings. The SMILES string of the molecule is CCCSC1=NC(=CC=Cc2ccccc2)C(=O)S1. The third-order valence-corrected chi connectivity index (χ3v) is 4.59. The van der Waals surface area contributed by atoms with Gasteiger partial charge in [-0.1, -0.05) is 61.2 Å². The molecule has 1 aliphatic heterocycles. The number of benzene rings is 1. The smallest absolute Gasteiger partial charge is 0.244 e. The van der Waals surface area contributed by atoms with Crippen LogP contribution in [-0.2, 0) is 4.79 Å². The van der Waals surface area contributed by atoms with Crippen molar-refractivity contribution in [1.29, 1.82) is 0 Å². The third-order valence-electron chi connectivity index (χ3n) is 2.37.